The van der Waals surface area contributed by atoms with E-state index in [1.165, 1.54) is 23.9 Å². The van der Waals surface area contributed by atoms with Crippen molar-refractivity contribution in [3.63, 3.8) is 0 Å². The molecule has 0 saturated heterocycles. The molecule has 90 valence electrons. The van der Waals surface area contributed by atoms with Crippen molar-refractivity contribution in [1.82, 2.24) is 0 Å². The first-order valence-corrected chi connectivity index (χ1v) is 6.27. The topological polar surface area (TPSA) is 37.3 Å². The number of hydrogen-bond acceptors (Lipinski definition) is 2. The number of carbonyl (C=O) groups is 1. The van der Waals surface area contributed by atoms with Crippen LogP contribution in [0.2, 0.25) is 0 Å². The summed E-state index contributed by atoms with van der Waals surface area (Å²) in [4.78, 5) is 13.2. The Morgan fingerprint density at radius 1 is 1.11 bits per heavy atom. The second-order valence-corrected chi connectivity index (χ2v) is 5.18. The predicted octanol–water partition coefficient (Wildman–Crippen LogP) is 3.51. The van der Waals surface area contributed by atoms with Gasteiger partial charge in [0.25, 0.3) is 0 Å². The zero-order valence-electron chi connectivity index (χ0n) is 9.26. The number of aliphatic carboxylic acids is 1. The summed E-state index contributed by atoms with van der Waals surface area (Å²) in [6, 6.07) is 11.7. The SMILES string of the molecule is O=C(O)C1c2ccccc2Sc2ccc(F)cc21. The van der Waals surface area contributed by atoms with E-state index in [-0.39, 0.29) is 0 Å². The van der Waals surface area contributed by atoms with Gasteiger partial charge in [0.2, 0.25) is 0 Å². The van der Waals surface area contributed by atoms with Gasteiger partial charge in [-0.15, -0.1) is 0 Å². The largest absolute Gasteiger partial charge is 0.481 e. The van der Waals surface area contributed by atoms with Crippen molar-refractivity contribution >= 4 is 17.7 Å². The molecular formula is C14H9FO2S. The van der Waals surface area contributed by atoms with Crippen molar-refractivity contribution in [2.24, 2.45) is 0 Å². The van der Waals surface area contributed by atoms with Crippen molar-refractivity contribution in [3.05, 3.63) is 59.4 Å². The maximum absolute atomic E-state index is 13.3. The molecule has 0 amide bonds. The van der Waals surface area contributed by atoms with Gasteiger partial charge in [-0.2, -0.15) is 0 Å². The first-order valence-electron chi connectivity index (χ1n) is 5.46. The van der Waals surface area contributed by atoms with Crippen LogP contribution in [0.15, 0.2) is 52.3 Å². The summed E-state index contributed by atoms with van der Waals surface area (Å²) in [5.41, 5.74) is 1.26. The third-order valence-electron chi connectivity index (χ3n) is 2.98. The third-order valence-corrected chi connectivity index (χ3v) is 4.16. The molecule has 0 aliphatic carbocycles. The fourth-order valence-electron chi connectivity index (χ4n) is 2.20. The molecule has 1 N–H and O–H groups in total. The van der Waals surface area contributed by atoms with Gasteiger partial charge >= 0.3 is 5.97 Å². The number of benzene rings is 2. The Morgan fingerprint density at radius 3 is 2.61 bits per heavy atom. The Morgan fingerprint density at radius 2 is 1.83 bits per heavy atom. The van der Waals surface area contributed by atoms with Gasteiger partial charge in [0.1, 0.15) is 11.7 Å². The summed E-state index contributed by atoms with van der Waals surface area (Å²) in [5, 5.41) is 9.39. The minimum Gasteiger partial charge on any atom is -0.481 e. The van der Waals surface area contributed by atoms with Crippen molar-refractivity contribution in [2.75, 3.05) is 0 Å². The van der Waals surface area contributed by atoms with E-state index in [1.807, 2.05) is 12.1 Å². The molecule has 0 radical (unpaired) electrons. The van der Waals surface area contributed by atoms with Crippen LogP contribution < -0.4 is 0 Å². The fourth-order valence-corrected chi connectivity index (χ4v) is 3.32. The number of carboxylic acids is 1. The van der Waals surface area contributed by atoms with Gasteiger partial charge in [-0.1, -0.05) is 30.0 Å². The Kier molecular flexibility index (Phi) is 2.59. The lowest BCUT2D eigenvalue weighted by Crippen LogP contribution is -2.17. The number of carboxylic acid groups (broad SMARTS) is 1. The molecule has 1 heterocycles. The van der Waals surface area contributed by atoms with Crippen molar-refractivity contribution < 1.29 is 14.3 Å². The van der Waals surface area contributed by atoms with Crippen LogP contribution in [0.1, 0.15) is 17.0 Å². The van der Waals surface area contributed by atoms with E-state index in [0.29, 0.717) is 5.56 Å². The predicted molar refractivity (Wildman–Crippen MR) is 66.4 cm³/mol. The molecule has 0 aromatic heterocycles. The average molecular weight is 260 g/mol. The number of halogens is 1. The second-order valence-electron chi connectivity index (χ2n) is 4.09. The highest BCUT2D eigenvalue weighted by Gasteiger charge is 2.31. The Bertz CT molecular complexity index is 639. The highest BCUT2D eigenvalue weighted by atomic mass is 32.2. The number of rotatable bonds is 1. The fraction of sp³-hybridized carbons (Fsp3) is 0.0714. The molecule has 4 heteroatoms. The van der Waals surface area contributed by atoms with Crippen LogP contribution in [-0.4, -0.2) is 11.1 Å². The van der Waals surface area contributed by atoms with E-state index < -0.39 is 17.7 Å². The molecule has 18 heavy (non-hydrogen) atoms. The van der Waals surface area contributed by atoms with Gasteiger partial charge < -0.3 is 5.11 Å². The maximum atomic E-state index is 13.3. The summed E-state index contributed by atoms with van der Waals surface area (Å²) in [7, 11) is 0. The van der Waals surface area contributed by atoms with Crippen LogP contribution in [0, 0.1) is 5.82 Å². The molecule has 1 unspecified atom stereocenters. The van der Waals surface area contributed by atoms with Crippen molar-refractivity contribution in [2.45, 2.75) is 15.7 Å². The highest BCUT2D eigenvalue weighted by Crippen LogP contribution is 2.45. The van der Waals surface area contributed by atoms with Crippen LogP contribution >= 0.6 is 11.8 Å². The van der Waals surface area contributed by atoms with Crippen molar-refractivity contribution in [3.8, 4) is 0 Å². The van der Waals surface area contributed by atoms with Crippen LogP contribution in [-0.2, 0) is 4.79 Å². The summed E-state index contributed by atoms with van der Waals surface area (Å²) in [6.45, 7) is 0. The van der Waals surface area contributed by atoms with Crippen LogP contribution in [0.4, 0.5) is 4.39 Å². The lowest BCUT2D eigenvalue weighted by Gasteiger charge is -2.24. The molecule has 0 bridgehead atoms. The molecule has 1 aliphatic heterocycles. The Labute approximate surface area is 107 Å². The molecule has 1 atom stereocenters. The molecule has 2 aromatic carbocycles. The van der Waals surface area contributed by atoms with E-state index in [9.17, 15) is 14.3 Å². The first-order chi connectivity index (χ1) is 8.66. The van der Waals surface area contributed by atoms with E-state index in [1.54, 1.807) is 18.2 Å². The minimum atomic E-state index is -0.949. The van der Waals surface area contributed by atoms with E-state index in [0.717, 1.165) is 15.4 Å². The maximum Gasteiger partial charge on any atom is 0.315 e. The van der Waals surface area contributed by atoms with Crippen LogP contribution in [0.25, 0.3) is 0 Å². The first kappa shape index (κ1) is 11.3. The number of hydrogen-bond donors (Lipinski definition) is 1. The normalized spacial score (nSPS) is 16.8. The summed E-state index contributed by atoms with van der Waals surface area (Å²) in [6.07, 6.45) is 0. The zero-order chi connectivity index (χ0) is 12.7. The molecule has 1 aliphatic rings. The molecular weight excluding hydrogens is 251 g/mol. The van der Waals surface area contributed by atoms with E-state index in [2.05, 4.69) is 0 Å². The molecule has 0 spiro atoms. The monoisotopic (exact) mass is 260 g/mol. The second kappa shape index (κ2) is 4.14. The minimum absolute atomic E-state index is 0.403. The molecule has 0 fully saturated rings. The van der Waals surface area contributed by atoms with Gasteiger partial charge in [0.05, 0.1) is 0 Å². The molecule has 2 nitrogen and oxygen atoms in total. The average Bonchev–Trinajstić information content (AvgIpc) is 2.35. The van der Waals surface area contributed by atoms with Gasteiger partial charge in [0, 0.05) is 9.79 Å². The van der Waals surface area contributed by atoms with Gasteiger partial charge in [0.15, 0.2) is 0 Å². The lowest BCUT2D eigenvalue weighted by molar-refractivity contribution is -0.137. The van der Waals surface area contributed by atoms with Crippen LogP contribution in [0.5, 0.6) is 0 Å². The molecule has 3 rings (SSSR count). The van der Waals surface area contributed by atoms with Gasteiger partial charge in [-0.25, -0.2) is 4.39 Å². The summed E-state index contributed by atoms with van der Waals surface area (Å²) in [5.74, 6) is -2.14. The molecule has 0 saturated carbocycles. The zero-order valence-corrected chi connectivity index (χ0v) is 10.1. The summed E-state index contributed by atoms with van der Waals surface area (Å²) >= 11 is 1.48. The quantitative estimate of drug-likeness (QED) is 0.852. The number of fused-ring (bicyclic) bond motifs is 2. The third kappa shape index (κ3) is 1.69. The lowest BCUT2D eigenvalue weighted by atomic mass is 9.91. The van der Waals surface area contributed by atoms with Gasteiger partial charge in [-0.3, -0.25) is 4.79 Å². The Balaban J connectivity index is 2.24. The standard InChI is InChI=1S/C14H9FO2S/c15-8-5-6-12-10(7-8)13(14(16)17)9-3-1-2-4-11(9)18-12/h1-7,13H,(H,16,17). The Hall–Kier alpha value is -1.81. The van der Waals surface area contributed by atoms with Crippen molar-refractivity contribution in [1.29, 1.82) is 0 Å². The van der Waals surface area contributed by atoms with Crippen LogP contribution in [0.3, 0.4) is 0 Å². The summed E-state index contributed by atoms with van der Waals surface area (Å²) < 4.78 is 13.3. The van der Waals surface area contributed by atoms with E-state index in [4.69, 9.17) is 0 Å². The van der Waals surface area contributed by atoms with Gasteiger partial charge in [-0.05, 0) is 35.4 Å². The highest BCUT2D eigenvalue weighted by molar-refractivity contribution is 7.99. The van der Waals surface area contributed by atoms with E-state index >= 15 is 0 Å². The smallest absolute Gasteiger partial charge is 0.315 e. The molecule has 2 aromatic rings.